The third-order valence-electron chi connectivity index (χ3n) is 4.07. The fourth-order valence-electron chi connectivity index (χ4n) is 2.68. The van der Waals surface area contributed by atoms with Crippen LogP contribution in [-0.2, 0) is 14.8 Å². The van der Waals surface area contributed by atoms with Crippen molar-refractivity contribution >= 4 is 51.5 Å². The van der Waals surface area contributed by atoms with Crippen LogP contribution in [0, 0.1) is 0 Å². The monoisotopic (exact) mass is 429 g/mol. The maximum Gasteiger partial charge on any atom is 0.243 e. The molecule has 25 heavy (non-hydrogen) atoms. The van der Waals surface area contributed by atoms with Crippen molar-refractivity contribution in [3.05, 3.63) is 28.2 Å². The first-order valence-corrected chi connectivity index (χ1v) is 9.97. The molecular formula is C15H22Cl3N3O3S. The summed E-state index contributed by atoms with van der Waals surface area (Å²) in [5, 5.41) is 3.34. The van der Waals surface area contributed by atoms with E-state index in [9.17, 15) is 13.2 Å². The van der Waals surface area contributed by atoms with Crippen LogP contribution in [0.4, 0.5) is 0 Å². The topological polar surface area (TPSA) is 78.5 Å². The Morgan fingerprint density at radius 1 is 1.28 bits per heavy atom. The van der Waals surface area contributed by atoms with Crippen molar-refractivity contribution in [2.24, 2.45) is 0 Å². The Morgan fingerprint density at radius 2 is 1.84 bits per heavy atom. The number of nitrogens with one attached hydrogen (secondary N) is 2. The molecule has 1 amide bonds. The van der Waals surface area contributed by atoms with E-state index in [1.54, 1.807) is 18.0 Å². The SMILES string of the molecule is CN(C(=O)CCNS(=O)(=O)c1c(Cl)cccc1Cl)C1CCNCC1.Cl. The van der Waals surface area contributed by atoms with Crippen molar-refractivity contribution in [2.75, 3.05) is 26.7 Å². The molecule has 0 bridgehead atoms. The zero-order valence-electron chi connectivity index (χ0n) is 13.8. The Bertz CT molecular complexity index is 674. The van der Waals surface area contributed by atoms with Crippen LogP contribution in [0.3, 0.4) is 0 Å². The number of amides is 1. The molecule has 1 heterocycles. The molecule has 2 rings (SSSR count). The molecule has 6 nitrogen and oxygen atoms in total. The van der Waals surface area contributed by atoms with E-state index in [4.69, 9.17) is 23.2 Å². The molecule has 1 aromatic carbocycles. The summed E-state index contributed by atoms with van der Waals surface area (Å²) in [5.41, 5.74) is 0. The Labute approximate surface area is 164 Å². The van der Waals surface area contributed by atoms with Gasteiger partial charge in [-0.05, 0) is 38.1 Å². The molecule has 0 aliphatic carbocycles. The van der Waals surface area contributed by atoms with Gasteiger partial charge in [-0.2, -0.15) is 0 Å². The summed E-state index contributed by atoms with van der Waals surface area (Å²) < 4.78 is 27.0. The van der Waals surface area contributed by atoms with Gasteiger partial charge in [0, 0.05) is 26.1 Å². The molecule has 0 spiro atoms. The molecule has 1 saturated heterocycles. The highest BCUT2D eigenvalue weighted by Gasteiger charge is 2.24. The first-order valence-electron chi connectivity index (χ1n) is 7.73. The number of carbonyl (C=O) groups is 1. The van der Waals surface area contributed by atoms with Gasteiger partial charge < -0.3 is 10.2 Å². The Hall–Kier alpha value is -0.570. The minimum absolute atomic E-state index is 0. The van der Waals surface area contributed by atoms with Gasteiger partial charge in [-0.1, -0.05) is 29.3 Å². The Balaban J connectivity index is 0.00000312. The van der Waals surface area contributed by atoms with Crippen LogP contribution in [0.15, 0.2) is 23.1 Å². The highest BCUT2D eigenvalue weighted by Crippen LogP contribution is 2.28. The molecule has 1 fully saturated rings. The lowest BCUT2D eigenvalue weighted by atomic mass is 10.1. The molecule has 0 unspecified atom stereocenters. The summed E-state index contributed by atoms with van der Waals surface area (Å²) in [6.45, 7) is 1.78. The third kappa shape index (κ3) is 5.98. The van der Waals surface area contributed by atoms with Gasteiger partial charge in [-0.3, -0.25) is 4.79 Å². The summed E-state index contributed by atoms with van der Waals surface area (Å²) in [7, 11) is -2.10. The second kappa shape index (κ2) is 9.94. The second-order valence-electron chi connectivity index (χ2n) is 5.68. The lowest BCUT2D eigenvalue weighted by molar-refractivity contribution is -0.132. The summed E-state index contributed by atoms with van der Waals surface area (Å²) in [6.07, 6.45) is 1.90. The van der Waals surface area contributed by atoms with E-state index in [-0.39, 0.29) is 52.3 Å². The quantitative estimate of drug-likeness (QED) is 0.726. The van der Waals surface area contributed by atoms with Crippen molar-refractivity contribution < 1.29 is 13.2 Å². The zero-order chi connectivity index (χ0) is 17.7. The highest BCUT2D eigenvalue weighted by molar-refractivity contribution is 7.89. The van der Waals surface area contributed by atoms with E-state index in [0.717, 1.165) is 25.9 Å². The summed E-state index contributed by atoms with van der Waals surface area (Å²) in [5.74, 6) is -0.0881. The number of carbonyl (C=O) groups excluding carboxylic acids is 1. The average molecular weight is 431 g/mol. The molecule has 142 valence electrons. The van der Waals surface area contributed by atoms with Crippen LogP contribution in [0.1, 0.15) is 19.3 Å². The van der Waals surface area contributed by atoms with E-state index >= 15 is 0 Å². The van der Waals surface area contributed by atoms with E-state index in [0.29, 0.717) is 0 Å². The van der Waals surface area contributed by atoms with Crippen molar-refractivity contribution in [1.82, 2.24) is 14.9 Å². The van der Waals surface area contributed by atoms with E-state index in [1.807, 2.05) is 0 Å². The standard InChI is InChI=1S/C15H21Cl2N3O3S.ClH/c1-20(11-5-8-18-9-6-11)14(21)7-10-19-24(22,23)15-12(16)3-2-4-13(15)17;/h2-4,11,18-19H,5-10H2,1H3;1H. The van der Waals surface area contributed by atoms with Crippen LogP contribution in [0.25, 0.3) is 0 Å². The number of benzene rings is 1. The number of hydrogen-bond acceptors (Lipinski definition) is 4. The number of hydrogen-bond donors (Lipinski definition) is 2. The third-order valence-corrected chi connectivity index (χ3v) is 6.48. The Morgan fingerprint density at radius 3 is 2.40 bits per heavy atom. The lowest BCUT2D eigenvalue weighted by Crippen LogP contribution is -2.44. The molecular weight excluding hydrogens is 409 g/mol. The van der Waals surface area contributed by atoms with Gasteiger partial charge in [0.2, 0.25) is 15.9 Å². The maximum absolute atomic E-state index is 12.3. The molecule has 1 aliphatic heterocycles. The molecule has 10 heteroatoms. The minimum atomic E-state index is -3.86. The zero-order valence-corrected chi connectivity index (χ0v) is 16.9. The first-order chi connectivity index (χ1) is 11.3. The number of piperidine rings is 1. The van der Waals surface area contributed by atoms with Crippen molar-refractivity contribution in [3.63, 3.8) is 0 Å². The molecule has 0 aromatic heterocycles. The normalized spacial score (nSPS) is 15.5. The predicted molar refractivity (Wildman–Crippen MR) is 102 cm³/mol. The van der Waals surface area contributed by atoms with Gasteiger partial charge >= 0.3 is 0 Å². The average Bonchev–Trinajstić information content (AvgIpc) is 2.54. The first kappa shape index (κ1) is 22.5. The van der Waals surface area contributed by atoms with Crippen LogP contribution >= 0.6 is 35.6 Å². The van der Waals surface area contributed by atoms with Gasteiger partial charge in [-0.15, -0.1) is 12.4 Å². The molecule has 2 N–H and O–H groups in total. The van der Waals surface area contributed by atoms with Gasteiger partial charge in [0.05, 0.1) is 10.0 Å². The fourth-order valence-corrected chi connectivity index (χ4v) is 4.85. The highest BCUT2D eigenvalue weighted by atomic mass is 35.5. The number of sulfonamides is 1. The van der Waals surface area contributed by atoms with E-state index in [1.165, 1.54) is 12.1 Å². The second-order valence-corrected chi connectivity index (χ2v) is 8.20. The van der Waals surface area contributed by atoms with Crippen molar-refractivity contribution in [1.29, 1.82) is 0 Å². The summed E-state index contributed by atoms with van der Waals surface area (Å²) in [4.78, 5) is 13.8. The van der Waals surface area contributed by atoms with Crippen LogP contribution in [0.5, 0.6) is 0 Å². The van der Waals surface area contributed by atoms with Crippen LogP contribution in [-0.4, -0.2) is 51.9 Å². The van der Waals surface area contributed by atoms with Gasteiger partial charge in [-0.25, -0.2) is 13.1 Å². The smallest absolute Gasteiger partial charge is 0.243 e. The number of halogens is 3. The van der Waals surface area contributed by atoms with Crippen LogP contribution < -0.4 is 10.0 Å². The van der Waals surface area contributed by atoms with Crippen molar-refractivity contribution in [2.45, 2.75) is 30.2 Å². The molecule has 1 aromatic rings. The van der Waals surface area contributed by atoms with Gasteiger partial charge in [0.15, 0.2) is 0 Å². The molecule has 0 atom stereocenters. The maximum atomic E-state index is 12.3. The van der Waals surface area contributed by atoms with E-state index in [2.05, 4.69) is 10.0 Å². The van der Waals surface area contributed by atoms with E-state index < -0.39 is 10.0 Å². The summed E-state index contributed by atoms with van der Waals surface area (Å²) in [6, 6.07) is 4.69. The number of rotatable bonds is 6. The number of nitrogens with zero attached hydrogens (tertiary/aromatic N) is 1. The van der Waals surface area contributed by atoms with Gasteiger partial charge in [0.1, 0.15) is 4.90 Å². The van der Waals surface area contributed by atoms with Crippen LogP contribution in [0.2, 0.25) is 10.0 Å². The largest absolute Gasteiger partial charge is 0.343 e. The Kier molecular flexibility index (Phi) is 8.94. The molecule has 0 saturated carbocycles. The fraction of sp³-hybridized carbons (Fsp3) is 0.533. The van der Waals surface area contributed by atoms with Crippen molar-refractivity contribution in [3.8, 4) is 0 Å². The molecule has 0 radical (unpaired) electrons. The van der Waals surface area contributed by atoms with Gasteiger partial charge in [0.25, 0.3) is 0 Å². The minimum Gasteiger partial charge on any atom is -0.343 e. The lowest BCUT2D eigenvalue weighted by Gasteiger charge is -2.31. The summed E-state index contributed by atoms with van der Waals surface area (Å²) >= 11 is 11.8. The predicted octanol–water partition coefficient (Wildman–Crippen LogP) is 2.29. The molecule has 1 aliphatic rings.